The molecule has 0 radical (unpaired) electrons. The fourth-order valence-electron chi connectivity index (χ4n) is 1.35. The number of para-hydroxylation sites is 1. The quantitative estimate of drug-likeness (QED) is 0.750. The van der Waals surface area contributed by atoms with E-state index in [1.165, 1.54) is 0 Å². The number of aromatic nitrogens is 1. The fourth-order valence-corrected chi connectivity index (χ4v) is 1.35. The SMILES string of the molecule is Cc1cccc(NCc2ccno2)c1N. The van der Waals surface area contributed by atoms with Crippen molar-refractivity contribution in [1.29, 1.82) is 0 Å². The highest BCUT2D eigenvalue weighted by molar-refractivity contribution is 5.69. The first-order chi connectivity index (χ1) is 7.27. The molecule has 78 valence electrons. The van der Waals surface area contributed by atoms with Gasteiger partial charge in [-0.1, -0.05) is 17.3 Å². The number of nitrogens with zero attached hydrogens (tertiary/aromatic N) is 1. The molecule has 0 unspecified atom stereocenters. The van der Waals surface area contributed by atoms with Crippen LogP contribution in [0.5, 0.6) is 0 Å². The number of nitrogen functional groups attached to an aromatic ring is 1. The molecule has 0 spiro atoms. The van der Waals surface area contributed by atoms with Gasteiger partial charge in [0, 0.05) is 6.07 Å². The minimum atomic E-state index is 0.591. The van der Waals surface area contributed by atoms with Gasteiger partial charge in [-0.2, -0.15) is 0 Å². The molecular formula is C11H13N3O. The highest BCUT2D eigenvalue weighted by atomic mass is 16.5. The Morgan fingerprint density at radius 2 is 2.27 bits per heavy atom. The number of hydrogen-bond donors (Lipinski definition) is 2. The van der Waals surface area contributed by atoms with E-state index < -0.39 is 0 Å². The molecule has 4 nitrogen and oxygen atoms in total. The lowest BCUT2D eigenvalue weighted by Gasteiger charge is -2.09. The lowest BCUT2D eigenvalue weighted by Crippen LogP contribution is -2.02. The largest absolute Gasteiger partial charge is 0.397 e. The second kappa shape index (κ2) is 4.04. The van der Waals surface area contributed by atoms with Crippen LogP contribution < -0.4 is 11.1 Å². The molecule has 0 fully saturated rings. The number of hydrogen-bond acceptors (Lipinski definition) is 4. The highest BCUT2D eigenvalue weighted by Crippen LogP contribution is 2.22. The fraction of sp³-hybridized carbons (Fsp3) is 0.182. The van der Waals surface area contributed by atoms with Crippen LogP contribution in [0.15, 0.2) is 35.0 Å². The summed E-state index contributed by atoms with van der Waals surface area (Å²) in [6.45, 7) is 2.57. The summed E-state index contributed by atoms with van der Waals surface area (Å²) in [5.74, 6) is 0.788. The molecule has 2 rings (SSSR count). The normalized spacial score (nSPS) is 10.2. The van der Waals surface area contributed by atoms with E-state index in [4.69, 9.17) is 10.3 Å². The lowest BCUT2D eigenvalue weighted by molar-refractivity contribution is 0.388. The molecule has 1 aromatic carbocycles. The number of benzene rings is 1. The third kappa shape index (κ3) is 2.10. The molecule has 15 heavy (non-hydrogen) atoms. The summed E-state index contributed by atoms with van der Waals surface area (Å²) >= 11 is 0. The van der Waals surface area contributed by atoms with Crippen LogP contribution in [0.4, 0.5) is 11.4 Å². The number of rotatable bonds is 3. The van der Waals surface area contributed by atoms with Crippen molar-refractivity contribution in [1.82, 2.24) is 5.16 Å². The van der Waals surface area contributed by atoms with Crippen molar-refractivity contribution in [2.45, 2.75) is 13.5 Å². The van der Waals surface area contributed by atoms with E-state index in [2.05, 4.69) is 10.5 Å². The predicted octanol–water partition coefficient (Wildman–Crippen LogP) is 2.18. The first-order valence-corrected chi connectivity index (χ1v) is 4.76. The molecule has 4 heteroatoms. The minimum absolute atomic E-state index is 0.591. The van der Waals surface area contributed by atoms with Gasteiger partial charge in [-0.05, 0) is 18.6 Å². The van der Waals surface area contributed by atoms with E-state index in [0.29, 0.717) is 6.54 Å². The molecule has 0 bridgehead atoms. The first-order valence-electron chi connectivity index (χ1n) is 4.76. The maximum atomic E-state index is 5.91. The van der Waals surface area contributed by atoms with E-state index in [1.54, 1.807) is 6.20 Å². The van der Waals surface area contributed by atoms with Gasteiger partial charge in [0.1, 0.15) is 0 Å². The second-order valence-electron chi connectivity index (χ2n) is 3.37. The van der Waals surface area contributed by atoms with Crippen molar-refractivity contribution in [2.24, 2.45) is 0 Å². The zero-order valence-corrected chi connectivity index (χ0v) is 8.53. The van der Waals surface area contributed by atoms with Crippen LogP contribution in [0, 0.1) is 6.92 Å². The van der Waals surface area contributed by atoms with Crippen molar-refractivity contribution in [3.8, 4) is 0 Å². The molecule has 2 aromatic rings. The summed E-state index contributed by atoms with van der Waals surface area (Å²) in [4.78, 5) is 0. The lowest BCUT2D eigenvalue weighted by atomic mass is 10.2. The second-order valence-corrected chi connectivity index (χ2v) is 3.37. The zero-order valence-electron chi connectivity index (χ0n) is 8.53. The summed E-state index contributed by atoms with van der Waals surface area (Å²) in [5, 5.41) is 6.83. The van der Waals surface area contributed by atoms with Gasteiger partial charge in [-0.3, -0.25) is 0 Å². The summed E-state index contributed by atoms with van der Waals surface area (Å²) in [5.41, 5.74) is 8.68. The molecule has 0 aliphatic rings. The van der Waals surface area contributed by atoms with Crippen LogP contribution in [0.25, 0.3) is 0 Å². The molecule has 3 N–H and O–H groups in total. The van der Waals surface area contributed by atoms with Gasteiger partial charge < -0.3 is 15.6 Å². The van der Waals surface area contributed by atoms with Crippen LogP contribution in [0.3, 0.4) is 0 Å². The number of nitrogens with one attached hydrogen (secondary N) is 1. The monoisotopic (exact) mass is 203 g/mol. The third-order valence-corrected chi connectivity index (χ3v) is 2.27. The van der Waals surface area contributed by atoms with E-state index in [1.807, 2.05) is 31.2 Å². The summed E-state index contributed by atoms with van der Waals surface area (Å²) in [6, 6.07) is 7.71. The van der Waals surface area contributed by atoms with Crippen molar-refractivity contribution in [2.75, 3.05) is 11.1 Å². The van der Waals surface area contributed by atoms with Gasteiger partial charge in [0.2, 0.25) is 0 Å². The van der Waals surface area contributed by atoms with Crippen LogP contribution in [-0.2, 0) is 6.54 Å². The average molecular weight is 203 g/mol. The number of anilines is 2. The molecule has 0 saturated carbocycles. The van der Waals surface area contributed by atoms with Crippen LogP contribution >= 0.6 is 0 Å². The van der Waals surface area contributed by atoms with Crippen molar-refractivity contribution < 1.29 is 4.52 Å². The third-order valence-electron chi connectivity index (χ3n) is 2.27. The average Bonchev–Trinajstić information content (AvgIpc) is 2.73. The van der Waals surface area contributed by atoms with Crippen molar-refractivity contribution in [3.63, 3.8) is 0 Å². The van der Waals surface area contributed by atoms with Crippen LogP contribution in [0.2, 0.25) is 0 Å². The molecule has 0 amide bonds. The van der Waals surface area contributed by atoms with Gasteiger partial charge >= 0.3 is 0 Å². The van der Waals surface area contributed by atoms with Crippen LogP contribution in [0.1, 0.15) is 11.3 Å². The Morgan fingerprint density at radius 1 is 1.40 bits per heavy atom. The molecule has 1 aromatic heterocycles. The molecule has 0 atom stereocenters. The van der Waals surface area contributed by atoms with Gasteiger partial charge in [0.15, 0.2) is 5.76 Å². The molecule has 0 aliphatic carbocycles. The maximum absolute atomic E-state index is 5.91. The van der Waals surface area contributed by atoms with Gasteiger partial charge in [-0.25, -0.2) is 0 Å². The smallest absolute Gasteiger partial charge is 0.155 e. The summed E-state index contributed by atoms with van der Waals surface area (Å²) in [6.07, 6.45) is 1.62. The first kappa shape index (κ1) is 9.58. The van der Waals surface area contributed by atoms with Crippen LogP contribution in [-0.4, -0.2) is 5.16 Å². The Hall–Kier alpha value is -1.97. The van der Waals surface area contributed by atoms with E-state index in [9.17, 15) is 0 Å². The van der Waals surface area contributed by atoms with Gasteiger partial charge in [0.05, 0.1) is 24.1 Å². The molecular weight excluding hydrogens is 190 g/mol. The maximum Gasteiger partial charge on any atom is 0.155 e. The van der Waals surface area contributed by atoms with Crippen molar-refractivity contribution in [3.05, 3.63) is 41.8 Å². The van der Waals surface area contributed by atoms with E-state index >= 15 is 0 Å². The predicted molar refractivity (Wildman–Crippen MR) is 59.4 cm³/mol. The number of aryl methyl sites for hydroxylation is 1. The Labute approximate surface area is 88.1 Å². The molecule has 1 heterocycles. The Kier molecular flexibility index (Phi) is 2.58. The Morgan fingerprint density at radius 3 is 3.00 bits per heavy atom. The van der Waals surface area contributed by atoms with Gasteiger partial charge in [-0.15, -0.1) is 0 Å². The van der Waals surface area contributed by atoms with Crippen molar-refractivity contribution >= 4 is 11.4 Å². The summed E-state index contributed by atoms with van der Waals surface area (Å²) < 4.78 is 4.97. The zero-order chi connectivity index (χ0) is 10.7. The topological polar surface area (TPSA) is 64.1 Å². The Bertz CT molecular complexity index is 437. The molecule has 0 aliphatic heterocycles. The standard InChI is InChI=1S/C11H13N3O/c1-8-3-2-4-10(11(8)12)13-7-9-5-6-14-15-9/h2-6,13H,7,12H2,1H3. The number of nitrogens with two attached hydrogens (primary N) is 1. The highest BCUT2D eigenvalue weighted by Gasteiger charge is 2.02. The Balaban J connectivity index is 2.08. The molecule has 0 saturated heterocycles. The van der Waals surface area contributed by atoms with E-state index in [0.717, 1.165) is 22.7 Å². The summed E-state index contributed by atoms with van der Waals surface area (Å²) in [7, 11) is 0. The van der Waals surface area contributed by atoms with Gasteiger partial charge in [0.25, 0.3) is 0 Å². The minimum Gasteiger partial charge on any atom is -0.397 e. The van der Waals surface area contributed by atoms with E-state index in [-0.39, 0.29) is 0 Å².